The molecule has 0 saturated heterocycles. The van der Waals surface area contributed by atoms with Crippen LogP contribution in [-0.2, 0) is 5.75 Å². The Morgan fingerprint density at radius 3 is 2.78 bits per heavy atom. The third-order valence-electron chi connectivity index (χ3n) is 3.89. The number of aromatic nitrogens is 3. The molecule has 0 atom stereocenters. The first-order chi connectivity index (χ1) is 13.1. The SMILES string of the molecule is Cc1noc(CSc2ccccc2C(=O)Nc2nc3c(C)cccc3s2)n1. The highest BCUT2D eigenvalue weighted by Gasteiger charge is 2.15. The molecular formula is C19H16N4O2S2. The Bertz CT molecular complexity index is 1120. The topological polar surface area (TPSA) is 80.9 Å². The number of nitrogens with one attached hydrogen (secondary N) is 1. The number of rotatable bonds is 5. The van der Waals surface area contributed by atoms with Crippen LogP contribution in [0.5, 0.6) is 0 Å². The number of aryl methyl sites for hydroxylation is 2. The second-order valence-electron chi connectivity index (χ2n) is 5.91. The van der Waals surface area contributed by atoms with Gasteiger partial charge in [-0.05, 0) is 37.6 Å². The van der Waals surface area contributed by atoms with Gasteiger partial charge in [0.2, 0.25) is 5.89 Å². The molecule has 0 saturated carbocycles. The third-order valence-corrected chi connectivity index (χ3v) is 5.89. The van der Waals surface area contributed by atoms with Crippen LogP contribution in [0.25, 0.3) is 10.2 Å². The van der Waals surface area contributed by atoms with E-state index in [-0.39, 0.29) is 5.91 Å². The summed E-state index contributed by atoms with van der Waals surface area (Å²) in [7, 11) is 0. The van der Waals surface area contributed by atoms with Gasteiger partial charge in [-0.3, -0.25) is 10.1 Å². The van der Waals surface area contributed by atoms with E-state index in [1.165, 1.54) is 23.1 Å². The van der Waals surface area contributed by atoms with Crippen molar-refractivity contribution in [2.75, 3.05) is 5.32 Å². The van der Waals surface area contributed by atoms with Gasteiger partial charge in [-0.25, -0.2) is 4.98 Å². The number of para-hydroxylation sites is 1. The van der Waals surface area contributed by atoms with Crippen LogP contribution in [0, 0.1) is 13.8 Å². The number of carbonyl (C=O) groups is 1. The fourth-order valence-electron chi connectivity index (χ4n) is 2.62. The van der Waals surface area contributed by atoms with Crippen molar-refractivity contribution >= 4 is 44.4 Å². The first-order valence-electron chi connectivity index (χ1n) is 8.28. The standard InChI is InChI=1S/C19H16N4O2S2/c1-11-6-5-9-15-17(11)21-19(27-15)22-18(24)13-7-3-4-8-14(13)26-10-16-20-12(2)23-25-16/h3-9H,10H2,1-2H3,(H,21,22,24). The average molecular weight is 396 g/mol. The van der Waals surface area contributed by atoms with E-state index in [0.717, 1.165) is 20.7 Å². The summed E-state index contributed by atoms with van der Waals surface area (Å²) < 4.78 is 6.19. The number of hydrogen-bond acceptors (Lipinski definition) is 7. The fraction of sp³-hybridized carbons (Fsp3) is 0.158. The van der Waals surface area contributed by atoms with Crippen molar-refractivity contribution in [1.29, 1.82) is 0 Å². The molecule has 2 aromatic carbocycles. The zero-order valence-electron chi connectivity index (χ0n) is 14.7. The van der Waals surface area contributed by atoms with Crippen molar-refractivity contribution in [3.63, 3.8) is 0 Å². The first-order valence-corrected chi connectivity index (χ1v) is 10.1. The minimum Gasteiger partial charge on any atom is -0.338 e. The van der Waals surface area contributed by atoms with E-state index in [1.54, 1.807) is 13.0 Å². The Morgan fingerprint density at radius 2 is 2.00 bits per heavy atom. The van der Waals surface area contributed by atoms with E-state index < -0.39 is 0 Å². The Labute approximate surface area is 164 Å². The summed E-state index contributed by atoms with van der Waals surface area (Å²) in [5.74, 6) is 1.46. The van der Waals surface area contributed by atoms with Crippen molar-refractivity contribution in [1.82, 2.24) is 15.1 Å². The third kappa shape index (κ3) is 3.86. The number of anilines is 1. The molecule has 0 spiro atoms. The molecule has 0 unspecified atom stereocenters. The molecule has 4 rings (SSSR count). The zero-order chi connectivity index (χ0) is 18.8. The Balaban J connectivity index is 1.53. The van der Waals surface area contributed by atoms with E-state index in [4.69, 9.17) is 4.52 Å². The number of nitrogens with zero attached hydrogens (tertiary/aromatic N) is 3. The van der Waals surface area contributed by atoms with Crippen LogP contribution in [0.3, 0.4) is 0 Å². The van der Waals surface area contributed by atoms with Gasteiger partial charge in [0.25, 0.3) is 5.91 Å². The second-order valence-corrected chi connectivity index (χ2v) is 7.96. The summed E-state index contributed by atoms with van der Waals surface area (Å²) in [5.41, 5.74) is 2.61. The molecule has 2 aromatic heterocycles. The highest BCUT2D eigenvalue weighted by molar-refractivity contribution is 7.98. The van der Waals surface area contributed by atoms with Gasteiger partial charge < -0.3 is 4.52 Å². The molecule has 4 aromatic rings. The molecular weight excluding hydrogens is 380 g/mol. The maximum atomic E-state index is 12.8. The number of benzene rings is 2. The van der Waals surface area contributed by atoms with E-state index >= 15 is 0 Å². The van der Waals surface area contributed by atoms with Crippen LogP contribution >= 0.6 is 23.1 Å². The lowest BCUT2D eigenvalue weighted by Gasteiger charge is -2.07. The molecule has 0 aliphatic rings. The molecule has 8 heteroatoms. The molecule has 6 nitrogen and oxygen atoms in total. The van der Waals surface area contributed by atoms with Gasteiger partial charge in [-0.2, -0.15) is 4.98 Å². The molecule has 0 bridgehead atoms. The van der Waals surface area contributed by atoms with Gasteiger partial charge in [0.15, 0.2) is 11.0 Å². The van der Waals surface area contributed by atoms with Crippen LogP contribution in [0.2, 0.25) is 0 Å². The second kappa shape index (κ2) is 7.50. The predicted molar refractivity (Wildman–Crippen MR) is 107 cm³/mol. The lowest BCUT2D eigenvalue weighted by Crippen LogP contribution is -2.12. The maximum absolute atomic E-state index is 12.8. The number of thioether (sulfide) groups is 1. The quantitative estimate of drug-likeness (QED) is 0.486. The summed E-state index contributed by atoms with van der Waals surface area (Å²) in [6.45, 7) is 3.79. The van der Waals surface area contributed by atoms with Crippen LogP contribution < -0.4 is 5.32 Å². The molecule has 0 aliphatic heterocycles. The van der Waals surface area contributed by atoms with Gasteiger partial charge in [-0.1, -0.05) is 40.8 Å². The number of carbonyl (C=O) groups excluding carboxylic acids is 1. The lowest BCUT2D eigenvalue weighted by atomic mass is 10.2. The maximum Gasteiger partial charge on any atom is 0.258 e. The summed E-state index contributed by atoms with van der Waals surface area (Å²) in [5, 5.41) is 7.30. The largest absolute Gasteiger partial charge is 0.338 e. The molecule has 1 N–H and O–H groups in total. The molecule has 0 aliphatic carbocycles. The summed E-state index contributed by atoms with van der Waals surface area (Å²) in [6, 6.07) is 13.5. The van der Waals surface area contributed by atoms with Crippen molar-refractivity contribution < 1.29 is 9.32 Å². The Hall–Kier alpha value is -2.71. The van der Waals surface area contributed by atoms with Gasteiger partial charge in [-0.15, -0.1) is 11.8 Å². The van der Waals surface area contributed by atoms with Crippen LogP contribution in [-0.4, -0.2) is 21.0 Å². The highest BCUT2D eigenvalue weighted by atomic mass is 32.2. The number of hydrogen-bond donors (Lipinski definition) is 1. The number of fused-ring (bicyclic) bond motifs is 1. The first kappa shape index (κ1) is 17.7. The number of thiazole rings is 1. The molecule has 1 amide bonds. The summed E-state index contributed by atoms with van der Waals surface area (Å²) in [6.07, 6.45) is 0. The van der Waals surface area contributed by atoms with E-state index in [9.17, 15) is 4.79 Å². The minimum atomic E-state index is -0.184. The predicted octanol–water partition coefficient (Wildman–Crippen LogP) is 4.84. The van der Waals surface area contributed by atoms with Crippen molar-refractivity contribution in [3.05, 3.63) is 65.3 Å². The minimum absolute atomic E-state index is 0.184. The molecule has 0 fully saturated rings. The van der Waals surface area contributed by atoms with Crippen molar-refractivity contribution in [2.45, 2.75) is 24.5 Å². The smallest absolute Gasteiger partial charge is 0.258 e. The highest BCUT2D eigenvalue weighted by Crippen LogP contribution is 2.30. The van der Waals surface area contributed by atoms with E-state index in [0.29, 0.717) is 28.2 Å². The number of amides is 1. The Morgan fingerprint density at radius 1 is 1.15 bits per heavy atom. The Kier molecular flexibility index (Phi) is 4.91. The monoisotopic (exact) mass is 396 g/mol. The summed E-state index contributed by atoms with van der Waals surface area (Å²) >= 11 is 2.96. The molecule has 0 radical (unpaired) electrons. The molecule has 27 heavy (non-hydrogen) atoms. The van der Waals surface area contributed by atoms with Crippen molar-refractivity contribution in [2.24, 2.45) is 0 Å². The average Bonchev–Trinajstić information content (AvgIpc) is 3.26. The van der Waals surface area contributed by atoms with Gasteiger partial charge in [0.1, 0.15) is 0 Å². The van der Waals surface area contributed by atoms with Crippen molar-refractivity contribution in [3.8, 4) is 0 Å². The fourth-order valence-corrected chi connectivity index (χ4v) is 4.45. The van der Waals surface area contributed by atoms with Crippen LogP contribution in [0.4, 0.5) is 5.13 Å². The van der Waals surface area contributed by atoms with Crippen LogP contribution in [0.1, 0.15) is 27.6 Å². The van der Waals surface area contributed by atoms with E-state index in [2.05, 4.69) is 20.4 Å². The van der Waals surface area contributed by atoms with Crippen LogP contribution in [0.15, 0.2) is 51.9 Å². The van der Waals surface area contributed by atoms with Gasteiger partial charge >= 0.3 is 0 Å². The van der Waals surface area contributed by atoms with Gasteiger partial charge in [0, 0.05) is 4.90 Å². The molecule has 2 heterocycles. The zero-order valence-corrected chi connectivity index (χ0v) is 16.4. The normalized spacial score (nSPS) is 11.0. The summed E-state index contributed by atoms with van der Waals surface area (Å²) in [4.78, 5) is 22.4. The lowest BCUT2D eigenvalue weighted by molar-refractivity contribution is 0.102. The molecule has 136 valence electrons. The van der Waals surface area contributed by atoms with E-state index in [1.807, 2.05) is 43.3 Å². The van der Waals surface area contributed by atoms with Gasteiger partial charge in [0.05, 0.1) is 21.5 Å².